The summed E-state index contributed by atoms with van der Waals surface area (Å²) in [6, 6.07) is 0.318. The van der Waals surface area contributed by atoms with E-state index in [-0.39, 0.29) is 30.8 Å². The van der Waals surface area contributed by atoms with Crippen LogP contribution in [-0.2, 0) is 4.79 Å². The third-order valence-corrected chi connectivity index (χ3v) is 3.93. The zero-order chi connectivity index (χ0) is 13.2. The number of carbonyl (C=O) groups is 1. The lowest BCUT2D eigenvalue weighted by molar-refractivity contribution is -0.182. The highest BCUT2D eigenvalue weighted by molar-refractivity contribution is 5.78. The van der Waals surface area contributed by atoms with Gasteiger partial charge in [0, 0.05) is 25.0 Å². The Hall–Kier alpha value is -0.780. The van der Waals surface area contributed by atoms with Crippen LogP contribution in [0, 0.1) is 5.92 Å². The molecule has 0 aromatic carbocycles. The molecule has 104 valence electrons. The largest absolute Gasteiger partial charge is 0.391 e. The molecule has 1 unspecified atom stereocenters. The fraction of sp³-hybridized carbons (Fsp3) is 0.917. The first-order chi connectivity index (χ1) is 8.45. The van der Waals surface area contributed by atoms with E-state index in [0.717, 1.165) is 6.42 Å². The lowest BCUT2D eigenvalue weighted by Crippen LogP contribution is -2.43. The minimum Gasteiger partial charge on any atom is -0.352 e. The molecule has 1 saturated heterocycles. The second-order valence-electron chi connectivity index (χ2n) is 5.30. The van der Waals surface area contributed by atoms with E-state index in [1.54, 1.807) is 0 Å². The van der Waals surface area contributed by atoms with Gasteiger partial charge in [0.15, 0.2) is 0 Å². The van der Waals surface area contributed by atoms with Gasteiger partial charge in [-0.3, -0.25) is 4.79 Å². The van der Waals surface area contributed by atoms with Gasteiger partial charge in [-0.15, -0.1) is 0 Å². The molecular weight excluding hydrogens is 245 g/mol. The third-order valence-electron chi connectivity index (χ3n) is 3.93. The maximum Gasteiger partial charge on any atom is 0.391 e. The lowest BCUT2D eigenvalue weighted by atomic mass is 9.85. The highest BCUT2D eigenvalue weighted by atomic mass is 19.4. The van der Waals surface area contributed by atoms with Crippen molar-refractivity contribution in [1.29, 1.82) is 0 Å². The van der Waals surface area contributed by atoms with Crippen LogP contribution >= 0.6 is 0 Å². The Morgan fingerprint density at radius 2 is 1.83 bits per heavy atom. The minimum absolute atomic E-state index is 0.0718. The average molecular weight is 264 g/mol. The molecule has 18 heavy (non-hydrogen) atoms. The van der Waals surface area contributed by atoms with E-state index >= 15 is 0 Å². The fourth-order valence-corrected chi connectivity index (χ4v) is 2.76. The van der Waals surface area contributed by atoms with E-state index in [1.807, 2.05) is 0 Å². The quantitative estimate of drug-likeness (QED) is 0.818. The second kappa shape index (κ2) is 5.47. The van der Waals surface area contributed by atoms with Crippen molar-refractivity contribution in [2.24, 2.45) is 5.92 Å². The Morgan fingerprint density at radius 1 is 1.17 bits per heavy atom. The van der Waals surface area contributed by atoms with Gasteiger partial charge in [0.25, 0.3) is 0 Å². The van der Waals surface area contributed by atoms with Crippen molar-refractivity contribution in [2.45, 2.75) is 56.8 Å². The Labute approximate surface area is 104 Å². The normalized spacial score (nSPS) is 33.5. The van der Waals surface area contributed by atoms with Crippen LogP contribution in [0.4, 0.5) is 13.2 Å². The molecule has 1 aliphatic carbocycles. The van der Waals surface area contributed by atoms with Crippen LogP contribution in [0.5, 0.6) is 0 Å². The molecule has 0 aromatic rings. The molecule has 1 saturated carbocycles. The SMILES string of the molecule is O=C1CCC(CNC2CCC(C(F)(F)F)CC2)N1. The zero-order valence-electron chi connectivity index (χ0n) is 10.2. The topological polar surface area (TPSA) is 41.1 Å². The molecule has 0 bridgehead atoms. The summed E-state index contributed by atoms with van der Waals surface area (Å²) in [5.41, 5.74) is 0. The number of carbonyl (C=O) groups excluding carboxylic acids is 1. The first-order valence-electron chi connectivity index (χ1n) is 6.54. The lowest BCUT2D eigenvalue weighted by Gasteiger charge is -2.31. The number of hydrogen-bond donors (Lipinski definition) is 2. The van der Waals surface area contributed by atoms with E-state index in [4.69, 9.17) is 0 Å². The smallest absolute Gasteiger partial charge is 0.352 e. The number of alkyl halides is 3. The van der Waals surface area contributed by atoms with Gasteiger partial charge in [0.05, 0.1) is 5.92 Å². The van der Waals surface area contributed by atoms with Crippen LogP contribution in [0.25, 0.3) is 0 Å². The summed E-state index contributed by atoms with van der Waals surface area (Å²) >= 11 is 0. The molecule has 0 radical (unpaired) electrons. The summed E-state index contributed by atoms with van der Waals surface area (Å²) in [5.74, 6) is -1.05. The molecule has 1 atom stereocenters. The Morgan fingerprint density at radius 3 is 2.33 bits per heavy atom. The maximum absolute atomic E-state index is 12.5. The molecule has 0 aromatic heterocycles. The van der Waals surface area contributed by atoms with Gasteiger partial charge in [0.2, 0.25) is 5.91 Å². The van der Waals surface area contributed by atoms with Gasteiger partial charge in [-0.2, -0.15) is 13.2 Å². The average Bonchev–Trinajstić information content (AvgIpc) is 2.72. The zero-order valence-corrected chi connectivity index (χ0v) is 10.2. The highest BCUT2D eigenvalue weighted by Crippen LogP contribution is 2.37. The van der Waals surface area contributed by atoms with E-state index in [0.29, 0.717) is 25.8 Å². The number of amides is 1. The van der Waals surface area contributed by atoms with Crippen molar-refractivity contribution in [1.82, 2.24) is 10.6 Å². The number of halogens is 3. The first-order valence-corrected chi connectivity index (χ1v) is 6.54. The van der Waals surface area contributed by atoms with Gasteiger partial charge in [0.1, 0.15) is 0 Å². The Kier molecular flexibility index (Phi) is 4.14. The summed E-state index contributed by atoms with van der Waals surface area (Å²) in [4.78, 5) is 11.0. The van der Waals surface area contributed by atoms with Crippen LogP contribution in [0.1, 0.15) is 38.5 Å². The van der Waals surface area contributed by atoms with Gasteiger partial charge < -0.3 is 10.6 Å². The molecule has 3 nitrogen and oxygen atoms in total. The van der Waals surface area contributed by atoms with Crippen molar-refractivity contribution in [3.05, 3.63) is 0 Å². The predicted octanol–water partition coefficient (Wildman–Crippen LogP) is 1.98. The van der Waals surface area contributed by atoms with Gasteiger partial charge in [-0.25, -0.2) is 0 Å². The number of nitrogens with one attached hydrogen (secondary N) is 2. The molecule has 2 fully saturated rings. The molecule has 1 aliphatic heterocycles. The van der Waals surface area contributed by atoms with E-state index in [2.05, 4.69) is 10.6 Å². The number of rotatable bonds is 3. The van der Waals surface area contributed by atoms with Crippen molar-refractivity contribution in [3.63, 3.8) is 0 Å². The fourth-order valence-electron chi connectivity index (χ4n) is 2.76. The summed E-state index contributed by atoms with van der Waals surface area (Å²) in [6.45, 7) is 0.674. The molecular formula is C12H19F3N2O. The number of hydrogen-bond acceptors (Lipinski definition) is 2. The monoisotopic (exact) mass is 264 g/mol. The van der Waals surface area contributed by atoms with Gasteiger partial charge >= 0.3 is 6.18 Å². The van der Waals surface area contributed by atoms with Crippen molar-refractivity contribution in [3.8, 4) is 0 Å². The highest BCUT2D eigenvalue weighted by Gasteiger charge is 2.41. The molecule has 2 aliphatic rings. The summed E-state index contributed by atoms with van der Waals surface area (Å²) in [6.07, 6.45) is -1.06. The Balaban J connectivity index is 1.66. The Bertz CT molecular complexity index is 298. The first kappa shape index (κ1) is 13.6. The van der Waals surface area contributed by atoms with E-state index in [1.165, 1.54) is 0 Å². The van der Waals surface area contributed by atoms with Crippen LogP contribution in [-0.4, -0.2) is 30.7 Å². The summed E-state index contributed by atoms with van der Waals surface area (Å²) in [7, 11) is 0. The maximum atomic E-state index is 12.5. The van der Waals surface area contributed by atoms with Crippen LogP contribution < -0.4 is 10.6 Å². The van der Waals surface area contributed by atoms with E-state index < -0.39 is 12.1 Å². The molecule has 2 N–H and O–H groups in total. The minimum atomic E-state index is -4.04. The van der Waals surface area contributed by atoms with Crippen LogP contribution in [0.2, 0.25) is 0 Å². The predicted molar refractivity (Wildman–Crippen MR) is 61.0 cm³/mol. The molecule has 1 amide bonds. The summed E-state index contributed by atoms with van der Waals surface area (Å²) < 4.78 is 37.4. The molecule has 0 spiro atoms. The summed E-state index contributed by atoms with van der Waals surface area (Å²) in [5, 5.41) is 6.12. The molecule has 1 heterocycles. The molecule has 2 rings (SSSR count). The van der Waals surface area contributed by atoms with Gasteiger partial charge in [-0.05, 0) is 32.1 Å². The van der Waals surface area contributed by atoms with Crippen LogP contribution in [0.3, 0.4) is 0 Å². The van der Waals surface area contributed by atoms with Crippen molar-refractivity contribution >= 4 is 5.91 Å². The third kappa shape index (κ3) is 3.60. The van der Waals surface area contributed by atoms with Crippen LogP contribution in [0.15, 0.2) is 0 Å². The molecule has 6 heteroatoms. The standard InChI is InChI=1S/C12H19F3N2O/c13-12(14,15)8-1-3-9(4-2-8)16-7-10-5-6-11(18)17-10/h8-10,16H,1-7H2,(H,17,18). The van der Waals surface area contributed by atoms with E-state index in [9.17, 15) is 18.0 Å². The van der Waals surface area contributed by atoms with Crippen molar-refractivity contribution in [2.75, 3.05) is 6.54 Å². The second-order valence-corrected chi connectivity index (χ2v) is 5.30. The van der Waals surface area contributed by atoms with Crippen molar-refractivity contribution < 1.29 is 18.0 Å². The van der Waals surface area contributed by atoms with Gasteiger partial charge in [-0.1, -0.05) is 0 Å².